The van der Waals surface area contributed by atoms with Crippen molar-refractivity contribution >= 4 is 43.5 Å². The first-order valence-electron chi connectivity index (χ1n) is 16.4. The Hall–Kier alpha value is -4.55. The van der Waals surface area contributed by atoms with Crippen LogP contribution in [0.25, 0.3) is 0 Å². The van der Waals surface area contributed by atoms with Crippen molar-refractivity contribution in [2.45, 2.75) is 57.1 Å². The summed E-state index contributed by atoms with van der Waals surface area (Å²) in [4.78, 5) is 30.1. The van der Waals surface area contributed by atoms with E-state index in [1.54, 1.807) is 24.3 Å². The quantitative estimate of drug-likeness (QED) is 0.129. The number of nitrogens with one attached hydrogen (secondary N) is 1. The molecule has 0 saturated heterocycles. The minimum absolute atomic E-state index is 0.0528. The fourth-order valence-electron chi connectivity index (χ4n) is 5.34. The maximum Gasteiger partial charge on any atom is 0.264 e. The molecule has 0 heterocycles. The number of carbonyl (C=O) groups excluding carboxylic acids is 2. The lowest BCUT2D eigenvalue weighted by atomic mass is 10.0. The monoisotopic (exact) mass is 765 g/mol. The average molecular weight is 767 g/mol. The third-order valence-corrected chi connectivity index (χ3v) is 10.4. The number of benzene rings is 4. The number of hydrogen-bond acceptors (Lipinski definition) is 7. The van der Waals surface area contributed by atoms with Crippen molar-refractivity contribution in [1.29, 1.82) is 0 Å². The van der Waals surface area contributed by atoms with Crippen molar-refractivity contribution in [2.75, 3.05) is 31.7 Å². The van der Waals surface area contributed by atoms with E-state index in [1.807, 2.05) is 75.4 Å². The largest absolute Gasteiger partial charge is 0.494 e. The first-order valence-corrected chi connectivity index (χ1v) is 18.6. The van der Waals surface area contributed by atoms with E-state index < -0.39 is 28.5 Å². The Bertz CT molecular complexity index is 1840. The van der Waals surface area contributed by atoms with Crippen LogP contribution in [-0.2, 0) is 32.6 Å². The van der Waals surface area contributed by atoms with Crippen LogP contribution in [0.15, 0.2) is 106 Å². The van der Waals surface area contributed by atoms with Gasteiger partial charge < -0.3 is 24.4 Å². The van der Waals surface area contributed by atoms with Gasteiger partial charge in [0.15, 0.2) is 11.5 Å². The molecular formula is C38H44BrN3O7S. The van der Waals surface area contributed by atoms with E-state index >= 15 is 0 Å². The molecule has 1 N–H and O–H groups in total. The van der Waals surface area contributed by atoms with Crippen LogP contribution in [0.3, 0.4) is 0 Å². The first-order chi connectivity index (χ1) is 24.0. The van der Waals surface area contributed by atoms with Gasteiger partial charge in [-0.1, -0.05) is 65.3 Å². The molecule has 4 aromatic carbocycles. The molecular weight excluding hydrogens is 722 g/mol. The molecule has 266 valence electrons. The highest BCUT2D eigenvalue weighted by molar-refractivity contribution is 9.10. The van der Waals surface area contributed by atoms with Crippen LogP contribution in [0.1, 0.15) is 38.3 Å². The molecule has 2 amide bonds. The van der Waals surface area contributed by atoms with Gasteiger partial charge in [0.2, 0.25) is 11.8 Å². The topological polar surface area (TPSA) is 114 Å². The molecule has 0 aliphatic heterocycles. The number of amides is 2. The van der Waals surface area contributed by atoms with Crippen molar-refractivity contribution in [2.24, 2.45) is 0 Å². The molecule has 0 unspecified atom stereocenters. The van der Waals surface area contributed by atoms with Crippen LogP contribution in [0, 0.1) is 0 Å². The molecule has 4 aromatic rings. The van der Waals surface area contributed by atoms with Gasteiger partial charge in [-0.2, -0.15) is 0 Å². The predicted molar refractivity (Wildman–Crippen MR) is 198 cm³/mol. The Morgan fingerprint density at radius 1 is 0.840 bits per heavy atom. The van der Waals surface area contributed by atoms with Crippen molar-refractivity contribution in [3.63, 3.8) is 0 Å². The molecule has 0 radical (unpaired) electrons. The number of methoxy groups -OCH3 is 2. The van der Waals surface area contributed by atoms with E-state index in [4.69, 9.17) is 14.2 Å². The van der Waals surface area contributed by atoms with Gasteiger partial charge in [-0.25, -0.2) is 8.42 Å². The maximum atomic E-state index is 14.7. The van der Waals surface area contributed by atoms with Crippen LogP contribution in [0.2, 0.25) is 0 Å². The standard InChI is InChI=1S/C38H44BrN3O7S/c1-6-27(3)40-38(44)34(23-28-12-9-8-10-13-28)41(25-29-14-11-15-30(39)22-29)37(43)26-42(31-16-18-32(19-17-31)49-7-2)50(45,46)33-20-21-35(47-4)36(24-33)48-5/h8-22,24,27,34H,6-7,23,25-26H2,1-5H3,(H,40,44)/t27-,34-/m1/s1. The van der Waals surface area contributed by atoms with Crippen LogP contribution >= 0.6 is 15.9 Å². The molecule has 4 rings (SSSR count). The lowest BCUT2D eigenvalue weighted by Gasteiger charge is -2.34. The smallest absolute Gasteiger partial charge is 0.264 e. The van der Waals surface area contributed by atoms with E-state index in [2.05, 4.69) is 21.2 Å². The molecule has 50 heavy (non-hydrogen) atoms. The van der Waals surface area contributed by atoms with Gasteiger partial charge in [-0.05, 0) is 79.9 Å². The molecule has 0 bridgehead atoms. The number of anilines is 1. The van der Waals surface area contributed by atoms with Crippen molar-refractivity contribution in [3.8, 4) is 17.2 Å². The zero-order valence-corrected chi connectivity index (χ0v) is 31.4. The second-order valence-electron chi connectivity index (χ2n) is 11.6. The molecule has 12 heteroatoms. The van der Waals surface area contributed by atoms with Crippen molar-refractivity contribution < 1.29 is 32.2 Å². The SMILES string of the molecule is CCOc1ccc(N(CC(=O)N(Cc2cccc(Br)c2)[C@H](Cc2ccccc2)C(=O)N[C@H](C)CC)S(=O)(=O)c2ccc(OC)c(OC)c2)cc1. The van der Waals surface area contributed by atoms with Gasteiger partial charge in [0.25, 0.3) is 10.0 Å². The lowest BCUT2D eigenvalue weighted by molar-refractivity contribution is -0.140. The predicted octanol–water partition coefficient (Wildman–Crippen LogP) is 6.62. The molecule has 0 saturated carbocycles. The number of carbonyl (C=O) groups is 2. The maximum absolute atomic E-state index is 14.7. The second-order valence-corrected chi connectivity index (χ2v) is 14.4. The van der Waals surface area contributed by atoms with Gasteiger partial charge in [0.1, 0.15) is 18.3 Å². The number of sulfonamides is 1. The molecule has 0 fully saturated rings. The van der Waals surface area contributed by atoms with Crippen LogP contribution in [0.5, 0.6) is 17.2 Å². The summed E-state index contributed by atoms with van der Waals surface area (Å²) in [6.45, 7) is 5.61. The zero-order chi connectivity index (χ0) is 36.3. The zero-order valence-electron chi connectivity index (χ0n) is 29.0. The summed E-state index contributed by atoms with van der Waals surface area (Å²) >= 11 is 3.51. The van der Waals surface area contributed by atoms with Gasteiger partial charge in [0, 0.05) is 29.5 Å². The minimum atomic E-state index is -4.37. The average Bonchev–Trinajstić information content (AvgIpc) is 3.12. The van der Waals surface area contributed by atoms with E-state index in [0.29, 0.717) is 24.5 Å². The number of halogens is 1. The Labute approximate surface area is 303 Å². The van der Waals surface area contributed by atoms with Crippen molar-refractivity contribution in [3.05, 3.63) is 113 Å². The number of rotatable bonds is 17. The highest BCUT2D eigenvalue weighted by atomic mass is 79.9. The molecule has 2 atom stereocenters. The molecule has 0 spiro atoms. The second kappa shape index (κ2) is 17.9. The Balaban J connectivity index is 1.84. The van der Waals surface area contributed by atoms with Crippen molar-refractivity contribution in [1.82, 2.24) is 10.2 Å². The Kier molecular flexibility index (Phi) is 13.7. The fraction of sp³-hybridized carbons (Fsp3) is 0.316. The summed E-state index contributed by atoms with van der Waals surface area (Å²) in [6.07, 6.45) is 0.910. The van der Waals surface area contributed by atoms with Crippen LogP contribution in [0.4, 0.5) is 5.69 Å². The molecule has 10 nitrogen and oxygen atoms in total. The van der Waals surface area contributed by atoms with Gasteiger partial charge in [-0.3, -0.25) is 13.9 Å². The summed E-state index contributed by atoms with van der Waals surface area (Å²) < 4.78 is 47.2. The van der Waals surface area contributed by atoms with E-state index in [-0.39, 0.29) is 41.2 Å². The molecule has 0 aromatic heterocycles. The lowest BCUT2D eigenvalue weighted by Crippen LogP contribution is -2.54. The van der Waals surface area contributed by atoms with E-state index in [0.717, 1.165) is 19.9 Å². The summed E-state index contributed by atoms with van der Waals surface area (Å²) in [6, 6.07) is 26.5. The summed E-state index contributed by atoms with van der Waals surface area (Å²) in [5.74, 6) is 0.218. The molecule has 0 aliphatic carbocycles. The third kappa shape index (κ3) is 9.79. The number of hydrogen-bond donors (Lipinski definition) is 1. The van der Waals surface area contributed by atoms with Crippen LogP contribution in [-0.4, -0.2) is 64.6 Å². The van der Waals surface area contributed by atoms with Gasteiger partial charge in [0.05, 0.1) is 31.4 Å². The highest BCUT2D eigenvalue weighted by Gasteiger charge is 2.35. The normalized spacial score (nSPS) is 12.4. The first kappa shape index (κ1) is 38.3. The van der Waals surface area contributed by atoms with Gasteiger partial charge >= 0.3 is 0 Å². The Morgan fingerprint density at radius 3 is 2.14 bits per heavy atom. The van der Waals surface area contributed by atoms with E-state index in [1.165, 1.54) is 37.3 Å². The summed E-state index contributed by atoms with van der Waals surface area (Å²) in [5, 5.41) is 3.05. The molecule has 0 aliphatic rings. The highest BCUT2D eigenvalue weighted by Crippen LogP contribution is 2.33. The van der Waals surface area contributed by atoms with Gasteiger partial charge in [-0.15, -0.1) is 0 Å². The Morgan fingerprint density at radius 2 is 1.52 bits per heavy atom. The number of ether oxygens (including phenoxy) is 3. The third-order valence-electron chi connectivity index (χ3n) is 8.17. The summed E-state index contributed by atoms with van der Waals surface area (Å²) in [5.41, 5.74) is 1.85. The summed E-state index contributed by atoms with van der Waals surface area (Å²) in [7, 11) is -1.50. The number of nitrogens with zero attached hydrogens (tertiary/aromatic N) is 2. The van der Waals surface area contributed by atoms with Crippen LogP contribution < -0.4 is 23.8 Å². The van der Waals surface area contributed by atoms with E-state index in [9.17, 15) is 18.0 Å². The fourth-order valence-corrected chi connectivity index (χ4v) is 7.21. The minimum Gasteiger partial charge on any atom is -0.494 e.